The average Bonchev–Trinajstić information content (AvgIpc) is 2.18. The molecule has 15 heavy (non-hydrogen) atoms. The molecule has 0 rings (SSSR count). The number of thioether (sulfide) groups is 1. The molecule has 0 aliphatic carbocycles. The summed E-state index contributed by atoms with van der Waals surface area (Å²) in [4.78, 5) is 2.46. The first-order chi connectivity index (χ1) is 7.11. The number of hydrogen-bond acceptors (Lipinski definition) is 3. The van der Waals surface area contributed by atoms with Crippen LogP contribution in [0.5, 0.6) is 0 Å². The van der Waals surface area contributed by atoms with Gasteiger partial charge in [-0.05, 0) is 58.5 Å². The molecule has 0 saturated heterocycles. The van der Waals surface area contributed by atoms with E-state index in [9.17, 15) is 0 Å². The molecule has 0 aromatic heterocycles. The Labute approximate surface area is 100.0 Å². The third-order valence-electron chi connectivity index (χ3n) is 3.03. The largest absolute Gasteiger partial charge is 0.330 e. The van der Waals surface area contributed by atoms with Crippen molar-refractivity contribution in [3.63, 3.8) is 0 Å². The summed E-state index contributed by atoms with van der Waals surface area (Å²) in [7, 11) is 2.23. The molecule has 2 atom stereocenters. The summed E-state index contributed by atoms with van der Waals surface area (Å²) in [6.45, 7) is 6.66. The fourth-order valence-corrected chi connectivity index (χ4v) is 2.44. The van der Waals surface area contributed by atoms with E-state index in [1.807, 2.05) is 11.8 Å². The van der Waals surface area contributed by atoms with E-state index in [1.54, 1.807) is 0 Å². The molecule has 0 aliphatic heterocycles. The van der Waals surface area contributed by atoms with Crippen LogP contribution >= 0.6 is 11.8 Å². The number of hydrogen-bond donors (Lipinski definition) is 1. The highest BCUT2D eigenvalue weighted by atomic mass is 32.2. The van der Waals surface area contributed by atoms with E-state index in [-0.39, 0.29) is 0 Å². The van der Waals surface area contributed by atoms with Gasteiger partial charge in [-0.3, -0.25) is 0 Å². The molecule has 0 spiro atoms. The van der Waals surface area contributed by atoms with Crippen LogP contribution in [0.15, 0.2) is 0 Å². The van der Waals surface area contributed by atoms with Gasteiger partial charge in [-0.1, -0.05) is 6.92 Å². The number of nitrogens with two attached hydrogens (primary N) is 1. The highest BCUT2D eigenvalue weighted by molar-refractivity contribution is 7.98. The molecule has 3 heteroatoms. The fraction of sp³-hybridized carbons (Fsp3) is 1.00. The van der Waals surface area contributed by atoms with Crippen LogP contribution in [0.4, 0.5) is 0 Å². The van der Waals surface area contributed by atoms with Crippen LogP contribution in [-0.4, -0.2) is 43.1 Å². The molecule has 0 amide bonds. The van der Waals surface area contributed by atoms with E-state index in [0.717, 1.165) is 12.5 Å². The molecule has 2 N–H and O–H groups in total. The van der Waals surface area contributed by atoms with Crippen LogP contribution in [0, 0.1) is 5.92 Å². The van der Waals surface area contributed by atoms with E-state index in [2.05, 4.69) is 32.1 Å². The van der Waals surface area contributed by atoms with Crippen molar-refractivity contribution in [1.82, 2.24) is 4.90 Å². The van der Waals surface area contributed by atoms with Gasteiger partial charge in [0.25, 0.3) is 0 Å². The molecule has 0 aromatic rings. The number of rotatable bonds is 9. The van der Waals surface area contributed by atoms with Crippen LogP contribution in [0.25, 0.3) is 0 Å². The van der Waals surface area contributed by atoms with Gasteiger partial charge in [0.05, 0.1) is 0 Å². The molecule has 0 aliphatic rings. The van der Waals surface area contributed by atoms with Gasteiger partial charge in [-0.25, -0.2) is 0 Å². The van der Waals surface area contributed by atoms with Crippen molar-refractivity contribution in [2.45, 2.75) is 39.2 Å². The smallest absolute Gasteiger partial charge is 0.0154 e. The highest BCUT2D eigenvalue weighted by Gasteiger charge is 2.08. The Hall–Kier alpha value is 0.270. The minimum absolute atomic E-state index is 0.699. The standard InChI is InChI=1S/C12H28N2S/c1-11(7-8-13)6-5-9-14(3)12(2)10-15-4/h11-12H,5-10,13H2,1-4H3. The lowest BCUT2D eigenvalue weighted by molar-refractivity contribution is 0.264. The first-order valence-electron chi connectivity index (χ1n) is 6.01. The third kappa shape index (κ3) is 8.12. The summed E-state index contributed by atoms with van der Waals surface area (Å²) < 4.78 is 0. The lowest BCUT2D eigenvalue weighted by atomic mass is 10.0. The topological polar surface area (TPSA) is 29.3 Å². The molecule has 0 bridgehead atoms. The van der Waals surface area contributed by atoms with Gasteiger partial charge in [0.1, 0.15) is 0 Å². The Morgan fingerprint density at radius 2 is 1.93 bits per heavy atom. The summed E-state index contributed by atoms with van der Waals surface area (Å²) in [5, 5.41) is 0. The van der Waals surface area contributed by atoms with Gasteiger partial charge >= 0.3 is 0 Å². The minimum atomic E-state index is 0.699. The van der Waals surface area contributed by atoms with Crippen LogP contribution in [-0.2, 0) is 0 Å². The summed E-state index contributed by atoms with van der Waals surface area (Å²) in [5.74, 6) is 2.02. The van der Waals surface area contributed by atoms with Crippen molar-refractivity contribution < 1.29 is 0 Å². The van der Waals surface area contributed by atoms with Crippen LogP contribution in [0.2, 0.25) is 0 Å². The lowest BCUT2D eigenvalue weighted by Gasteiger charge is -2.24. The molecule has 92 valence electrons. The van der Waals surface area contributed by atoms with Gasteiger partial charge in [0, 0.05) is 11.8 Å². The highest BCUT2D eigenvalue weighted by Crippen LogP contribution is 2.11. The van der Waals surface area contributed by atoms with Crippen molar-refractivity contribution in [2.24, 2.45) is 11.7 Å². The van der Waals surface area contributed by atoms with Crippen molar-refractivity contribution in [2.75, 3.05) is 32.1 Å². The molecule has 0 fully saturated rings. The van der Waals surface area contributed by atoms with E-state index in [4.69, 9.17) is 5.73 Å². The van der Waals surface area contributed by atoms with Crippen LogP contribution in [0.1, 0.15) is 33.1 Å². The first-order valence-corrected chi connectivity index (χ1v) is 7.40. The second-order valence-electron chi connectivity index (χ2n) is 4.61. The first kappa shape index (κ1) is 15.3. The average molecular weight is 232 g/mol. The van der Waals surface area contributed by atoms with Crippen LogP contribution in [0.3, 0.4) is 0 Å². The van der Waals surface area contributed by atoms with Crippen molar-refractivity contribution in [1.29, 1.82) is 0 Å². The minimum Gasteiger partial charge on any atom is -0.330 e. The summed E-state index contributed by atoms with van der Waals surface area (Å²) in [6, 6.07) is 0.699. The molecule has 0 saturated carbocycles. The second kappa shape index (κ2) is 9.49. The predicted molar refractivity (Wildman–Crippen MR) is 72.5 cm³/mol. The maximum absolute atomic E-state index is 5.54. The van der Waals surface area contributed by atoms with Gasteiger partial charge in [0.15, 0.2) is 0 Å². The second-order valence-corrected chi connectivity index (χ2v) is 5.52. The van der Waals surface area contributed by atoms with E-state index >= 15 is 0 Å². The maximum atomic E-state index is 5.54. The Morgan fingerprint density at radius 1 is 1.27 bits per heavy atom. The van der Waals surface area contributed by atoms with Gasteiger partial charge in [-0.15, -0.1) is 0 Å². The monoisotopic (exact) mass is 232 g/mol. The molecule has 2 nitrogen and oxygen atoms in total. The predicted octanol–water partition coefficient (Wildman–Crippen LogP) is 2.43. The zero-order valence-corrected chi connectivity index (χ0v) is 11.6. The molecular formula is C12H28N2S. The molecule has 0 aromatic carbocycles. The van der Waals surface area contributed by atoms with E-state index < -0.39 is 0 Å². The Kier molecular flexibility index (Phi) is 9.66. The van der Waals surface area contributed by atoms with Crippen molar-refractivity contribution >= 4 is 11.8 Å². The van der Waals surface area contributed by atoms with Gasteiger partial charge in [-0.2, -0.15) is 11.8 Å². The van der Waals surface area contributed by atoms with E-state index in [0.29, 0.717) is 6.04 Å². The third-order valence-corrected chi connectivity index (χ3v) is 3.84. The van der Waals surface area contributed by atoms with Crippen LogP contribution < -0.4 is 5.73 Å². The fourth-order valence-electron chi connectivity index (χ4n) is 1.71. The van der Waals surface area contributed by atoms with Crippen molar-refractivity contribution in [3.05, 3.63) is 0 Å². The zero-order valence-electron chi connectivity index (χ0n) is 10.8. The zero-order chi connectivity index (χ0) is 11.7. The SMILES string of the molecule is CSCC(C)N(C)CCCC(C)CCN. The quantitative estimate of drug-likeness (QED) is 0.662. The number of nitrogens with zero attached hydrogens (tertiary/aromatic N) is 1. The Bertz CT molecular complexity index is 142. The summed E-state index contributed by atoms with van der Waals surface area (Å²) in [6.07, 6.45) is 5.96. The van der Waals surface area contributed by atoms with Gasteiger partial charge in [0.2, 0.25) is 0 Å². The molecule has 0 heterocycles. The maximum Gasteiger partial charge on any atom is 0.0154 e. The van der Waals surface area contributed by atoms with Crippen molar-refractivity contribution in [3.8, 4) is 0 Å². The summed E-state index contributed by atoms with van der Waals surface area (Å²) in [5.41, 5.74) is 5.54. The Morgan fingerprint density at radius 3 is 2.47 bits per heavy atom. The molecular weight excluding hydrogens is 204 g/mol. The normalized spacial score (nSPS) is 15.6. The molecule has 2 unspecified atom stereocenters. The summed E-state index contributed by atoms with van der Waals surface area (Å²) >= 11 is 1.93. The van der Waals surface area contributed by atoms with E-state index in [1.165, 1.54) is 31.6 Å². The lowest BCUT2D eigenvalue weighted by Crippen LogP contribution is -2.32. The Balaban J connectivity index is 3.49. The van der Waals surface area contributed by atoms with Gasteiger partial charge < -0.3 is 10.6 Å². The molecule has 0 radical (unpaired) electrons.